The molecule has 1 aliphatic rings. The van der Waals surface area contributed by atoms with Gasteiger partial charge in [-0.05, 0) is 68.1 Å². The van der Waals surface area contributed by atoms with Crippen LogP contribution in [-0.4, -0.2) is 51.4 Å². The molecule has 0 radical (unpaired) electrons. The fraction of sp³-hybridized carbons (Fsp3) is 0.391. The number of nitrogens with zero attached hydrogens (tertiary/aromatic N) is 2. The molecular weight excluding hydrogens is 448 g/mol. The molecule has 1 unspecified atom stereocenters. The molecule has 32 heavy (non-hydrogen) atoms. The van der Waals surface area contributed by atoms with Crippen LogP contribution < -0.4 is 9.64 Å². The van der Waals surface area contributed by atoms with Crippen LogP contribution in [0.15, 0.2) is 41.3 Å². The van der Waals surface area contributed by atoms with E-state index in [9.17, 15) is 13.2 Å². The number of thiazole rings is 1. The Balaban J connectivity index is 1.65. The number of ether oxygens (including phenoxy) is 2. The Bertz CT molecular complexity index is 1230. The second kappa shape index (κ2) is 9.17. The van der Waals surface area contributed by atoms with Gasteiger partial charge in [-0.25, -0.2) is 13.4 Å². The molecule has 0 spiro atoms. The molecule has 4 rings (SSSR count). The molecule has 170 valence electrons. The molecule has 0 bridgehead atoms. The standard InChI is InChI=1S/C23H26N2O5S2/c1-15-11-16(2)22-20(12-15)24-23(31-22)25(13-18-5-4-10-30-18)21(26)14-32(27,28)19-8-6-17(29-3)7-9-19/h6-9,11-12,18H,4-5,10,13-14H2,1-3H3. The molecule has 1 amide bonds. The predicted octanol–water partition coefficient (Wildman–Crippen LogP) is 3.91. The number of fused-ring (bicyclic) bond motifs is 1. The van der Waals surface area contributed by atoms with Crippen molar-refractivity contribution in [3.63, 3.8) is 0 Å². The summed E-state index contributed by atoms with van der Waals surface area (Å²) in [5, 5.41) is 0.499. The van der Waals surface area contributed by atoms with E-state index < -0.39 is 21.5 Å². The second-order valence-electron chi connectivity index (χ2n) is 8.00. The lowest BCUT2D eigenvalue weighted by molar-refractivity contribution is -0.116. The van der Waals surface area contributed by atoms with Gasteiger partial charge in [0.1, 0.15) is 11.5 Å². The number of hydrogen-bond acceptors (Lipinski definition) is 7. The van der Waals surface area contributed by atoms with Crippen molar-refractivity contribution in [1.82, 2.24) is 4.98 Å². The number of aryl methyl sites for hydroxylation is 2. The molecular formula is C23H26N2O5S2. The lowest BCUT2D eigenvalue weighted by Crippen LogP contribution is -2.40. The maximum Gasteiger partial charge on any atom is 0.244 e. The first-order valence-corrected chi connectivity index (χ1v) is 12.9. The van der Waals surface area contributed by atoms with E-state index in [2.05, 4.69) is 11.1 Å². The Morgan fingerprint density at radius 1 is 1.25 bits per heavy atom. The number of rotatable bonds is 7. The summed E-state index contributed by atoms with van der Waals surface area (Å²) in [6.07, 6.45) is 1.63. The van der Waals surface area contributed by atoms with E-state index in [1.54, 1.807) is 12.1 Å². The molecule has 2 aromatic carbocycles. The zero-order valence-electron chi connectivity index (χ0n) is 18.3. The summed E-state index contributed by atoms with van der Waals surface area (Å²) in [4.78, 5) is 19.6. The van der Waals surface area contributed by atoms with Gasteiger partial charge in [-0.1, -0.05) is 17.4 Å². The van der Waals surface area contributed by atoms with Crippen LogP contribution in [0.25, 0.3) is 10.2 Å². The Hall–Kier alpha value is -2.49. The third-order valence-electron chi connectivity index (χ3n) is 5.48. The van der Waals surface area contributed by atoms with Crippen molar-refractivity contribution < 1.29 is 22.7 Å². The van der Waals surface area contributed by atoms with Gasteiger partial charge >= 0.3 is 0 Å². The number of carbonyl (C=O) groups is 1. The van der Waals surface area contributed by atoms with Crippen LogP contribution in [0.1, 0.15) is 24.0 Å². The molecule has 0 N–H and O–H groups in total. The van der Waals surface area contributed by atoms with E-state index in [0.717, 1.165) is 34.2 Å². The van der Waals surface area contributed by atoms with Gasteiger partial charge in [0.2, 0.25) is 5.91 Å². The number of hydrogen-bond donors (Lipinski definition) is 0. The molecule has 1 atom stereocenters. The number of carbonyl (C=O) groups excluding carboxylic acids is 1. The topological polar surface area (TPSA) is 85.8 Å². The Morgan fingerprint density at radius 3 is 2.66 bits per heavy atom. The zero-order valence-corrected chi connectivity index (χ0v) is 20.0. The molecule has 9 heteroatoms. The van der Waals surface area contributed by atoms with E-state index in [1.807, 2.05) is 19.9 Å². The number of aromatic nitrogens is 1. The molecule has 0 aliphatic carbocycles. The number of anilines is 1. The van der Waals surface area contributed by atoms with Crippen LogP contribution in [-0.2, 0) is 19.4 Å². The van der Waals surface area contributed by atoms with Gasteiger partial charge in [0.05, 0.1) is 34.9 Å². The van der Waals surface area contributed by atoms with Crippen LogP contribution in [0.3, 0.4) is 0 Å². The van der Waals surface area contributed by atoms with Crippen LogP contribution >= 0.6 is 11.3 Å². The molecule has 1 fully saturated rings. The molecule has 1 aromatic heterocycles. The summed E-state index contributed by atoms with van der Waals surface area (Å²) < 4.78 is 37.7. The van der Waals surface area contributed by atoms with E-state index in [4.69, 9.17) is 9.47 Å². The van der Waals surface area contributed by atoms with Crippen molar-refractivity contribution in [3.8, 4) is 5.75 Å². The maximum absolute atomic E-state index is 13.3. The SMILES string of the molecule is COc1ccc(S(=O)(=O)CC(=O)N(CC2CCCO2)c2nc3cc(C)cc(C)c3s2)cc1. The Morgan fingerprint density at radius 2 is 2.00 bits per heavy atom. The fourth-order valence-corrected chi connectivity index (χ4v) is 6.11. The second-order valence-corrected chi connectivity index (χ2v) is 11.0. The van der Waals surface area contributed by atoms with Crippen LogP contribution in [0.4, 0.5) is 5.13 Å². The fourth-order valence-electron chi connectivity index (χ4n) is 3.87. The number of amides is 1. The molecule has 1 saturated heterocycles. The van der Waals surface area contributed by atoms with Crippen LogP contribution in [0, 0.1) is 13.8 Å². The average Bonchev–Trinajstić information content (AvgIpc) is 3.41. The van der Waals surface area contributed by atoms with Crippen molar-refractivity contribution in [2.45, 2.75) is 37.7 Å². The zero-order chi connectivity index (χ0) is 22.9. The quantitative estimate of drug-likeness (QED) is 0.516. The number of benzene rings is 2. The average molecular weight is 475 g/mol. The highest BCUT2D eigenvalue weighted by molar-refractivity contribution is 7.92. The lowest BCUT2D eigenvalue weighted by atomic mass is 10.1. The minimum atomic E-state index is -3.83. The third kappa shape index (κ3) is 4.79. The molecule has 7 nitrogen and oxygen atoms in total. The third-order valence-corrected chi connectivity index (χ3v) is 8.33. The largest absolute Gasteiger partial charge is 0.497 e. The van der Waals surface area contributed by atoms with E-state index in [0.29, 0.717) is 17.5 Å². The van der Waals surface area contributed by atoms with E-state index in [-0.39, 0.29) is 17.5 Å². The van der Waals surface area contributed by atoms with Gasteiger partial charge in [0, 0.05) is 6.61 Å². The smallest absolute Gasteiger partial charge is 0.244 e. The molecule has 1 aliphatic heterocycles. The highest BCUT2D eigenvalue weighted by Crippen LogP contribution is 2.33. The first-order valence-electron chi connectivity index (χ1n) is 10.4. The van der Waals surface area contributed by atoms with Gasteiger partial charge in [0.25, 0.3) is 0 Å². The van der Waals surface area contributed by atoms with Crippen LogP contribution in [0.5, 0.6) is 5.75 Å². The van der Waals surface area contributed by atoms with Gasteiger partial charge in [-0.3, -0.25) is 9.69 Å². The van der Waals surface area contributed by atoms with Crippen molar-refractivity contribution in [3.05, 3.63) is 47.5 Å². The van der Waals surface area contributed by atoms with Gasteiger partial charge in [0.15, 0.2) is 15.0 Å². The highest BCUT2D eigenvalue weighted by atomic mass is 32.2. The monoisotopic (exact) mass is 474 g/mol. The van der Waals surface area contributed by atoms with E-state index >= 15 is 0 Å². The summed E-state index contributed by atoms with van der Waals surface area (Å²) >= 11 is 1.41. The number of sulfone groups is 1. The summed E-state index contributed by atoms with van der Waals surface area (Å²) in [5.41, 5.74) is 2.98. The predicted molar refractivity (Wildman–Crippen MR) is 125 cm³/mol. The summed E-state index contributed by atoms with van der Waals surface area (Å²) in [6.45, 7) is 4.95. The maximum atomic E-state index is 13.3. The molecule has 0 saturated carbocycles. The number of methoxy groups -OCH3 is 1. The Labute approximate surface area is 191 Å². The van der Waals surface area contributed by atoms with Crippen molar-refractivity contribution in [2.24, 2.45) is 0 Å². The van der Waals surface area contributed by atoms with Gasteiger partial charge < -0.3 is 9.47 Å². The van der Waals surface area contributed by atoms with Crippen molar-refractivity contribution in [1.29, 1.82) is 0 Å². The highest BCUT2D eigenvalue weighted by Gasteiger charge is 2.30. The molecule has 3 aromatic rings. The van der Waals surface area contributed by atoms with Gasteiger partial charge in [-0.2, -0.15) is 0 Å². The summed E-state index contributed by atoms with van der Waals surface area (Å²) in [6, 6.07) is 10.1. The Kier molecular flexibility index (Phi) is 6.50. The molecule has 2 heterocycles. The van der Waals surface area contributed by atoms with Crippen molar-refractivity contribution in [2.75, 3.05) is 30.9 Å². The van der Waals surface area contributed by atoms with Crippen molar-refractivity contribution >= 4 is 42.4 Å². The van der Waals surface area contributed by atoms with Crippen LogP contribution in [0.2, 0.25) is 0 Å². The first-order chi connectivity index (χ1) is 15.3. The minimum absolute atomic E-state index is 0.0829. The first kappa shape index (κ1) is 22.7. The normalized spacial score (nSPS) is 16.4. The summed E-state index contributed by atoms with van der Waals surface area (Å²) in [7, 11) is -2.32. The summed E-state index contributed by atoms with van der Waals surface area (Å²) in [5.74, 6) is -0.597. The van der Waals surface area contributed by atoms with E-state index in [1.165, 1.54) is 35.5 Å². The van der Waals surface area contributed by atoms with Gasteiger partial charge in [-0.15, -0.1) is 0 Å². The lowest BCUT2D eigenvalue weighted by Gasteiger charge is -2.23. The minimum Gasteiger partial charge on any atom is -0.497 e.